The lowest BCUT2D eigenvalue weighted by Crippen LogP contribution is -2.49. The van der Waals surface area contributed by atoms with Crippen molar-refractivity contribution >= 4 is 10.0 Å². The minimum Gasteiger partial charge on any atom is -0.329 e. The van der Waals surface area contributed by atoms with Crippen molar-refractivity contribution in [2.75, 3.05) is 13.1 Å². The molecule has 1 aromatic carbocycles. The van der Waals surface area contributed by atoms with E-state index in [1.807, 2.05) is 26.0 Å². The molecule has 0 spiro atoms. The predicted octanol–water partition coefficient (Wildman–Crippen LogP) is 1.50. The number of nitrogens with zero attached hydrogens (tertiary/aromatic N) is 1. The third kappa shape index (κ3) is 2.18. The molecule has 100 valence electrons. The second-order valence-corrected chi connectivity index (χ2v) is 7.06. The Balaban J connectivity index is 2.40. The quantitative estimate of drug-likeness (QED) is 0.903. The van der Waals surface area contributed by atoms with Gasteiger partial charge in [-0.05, 0) is 38.8 Å². The number of aryl methyl sites for hydroxylation is 1. The standard InChI is InChI=1S/C13H20N2O2S/c1-11-4-6-12(7-5-11)18(16,17)15-9-3-8-13(15,2)10-14/h4-7H,3,8-10,14H2,1-2H3. The summed E-state index contributed by atoms with van der Waals surface area (Å²) in [6.07, 6.45) is 1.70. The molecule has 0 bridgehead atoms. The summed E-state index contributed by atoms with van der Waals surface area (Å²) in [5.74, 6) is 0. The van der Waals surface area contributed by atoms with Crippen molar-refractivity contribution in [1.29, 1.82) is 0 Å². The lowest BCUT2D eigenvalue weighted by Gasteiger charge is -2.33. The Hall–Kier alpha value is -0.910. The number of rotatable bonds is 3. The van der Waals surface area contributed by atoms with Crippen LogP contribution < -0.4 is 5.73 Å². The Kier molecular flexibility index (Phi) is 3.49. The molecular weight excluding hydrogens is 248 g/mol. The summed E-state index contributed by atoms with van der Waals surface area (Å²) in [5, 5.41) is 0. The first kappa shape index (κ1) is 13.5. The van der Waals surface area contributed by atoms with Crippen molar-refractivity contribution in [1.82, 2.24) is 4.31 Å². The highest BCUT2D eigenvalue weighted by atomic mass is 32.2. The first-order chi connectivity index (χ1) is 8.40. The SMILES string of the molecule is Cc1ccc(S(=O)(=O)N2CCCC2(C)CN)cc1. The van der Waals surface area contributed by atoms with Crippen LogP contribution in [0.3, 0.4) is 0 Å². The van der Waals surface area contributed by atoms with Gasteiger partial charge in [-0.2, -0.15) is 4.31 Å². The fourth-order valence-electron chi connectivity index (χ4n) is 2.45. The first-order valence-electron chi connectivity index (χ1n) is 6.20. The van der Waals surface area contributed by atoms with Crippen LogP contribution in [0.2, 0.25) is 0 Å². The Bertz CT molecular complexity index is 524. The Morgan fingerprint density at radius 1 is 1.33 bits per heavy atom. The fraction of sp³-hybridized carbons (Fsp3) is 0.538. The van der Waals surface area contributed by atoms with E-state index in [1.54, 1.807) is 16.4 Å². The van der Waals surface area contributed by atoms with E-state index in [-0.39, 0.29) is 0 Å². The van der Waals surface area contributed by atoms with Crippen molar-refractivity contribution < 1.29 is 8.42 Å². The Labute approximate surface area is 109 Å². The topological polar surface area (TPSA) is 63.4 Å². The van der Waals surface area contributed by atoms with Crippen molar-refractivity contribution in [2.45, 2.75) is 37.1 Å². The predicted molar refractivity (Wildman–Crippen MR) is 71.8 cm³/mol. The van der Waals surface area contributed by atoms with Crippen LogP contribution >= 0.6 is 0 Å². The van der Waals surface area contributed by atoms with Crippen LogP contribution in [0.5, 0.6) is 0 Å². The van der Waals surface area contributed by atoms with Gasteiger partial charge in [-0.3, -0.25) is 0 Å². The van der Waals surface area contributed by atoms with Gasteiger partial charge in [0.1, 0.15) is 0 Å². The fourth-order valence-corrected chi connectivity index (χ4v) is 4.30. The van der Waals surface area contributed by atoms with Gasteiger partial charge < -0.3 is 5.73 Å². The minimum absolute atomic E-state index is 0.356. The average Bonchev–Trinajstić information content (AvgIpc) is 2.73. The van der Waals surface area contributed by atoms with Crippen molar-refractivity contribution in [3.8, 4) is 0 Å². The second-order valence-electron chi connectivity index (χ2n) is 5.19. The van der Waals surface area contributed by atoms with Crippen LogP contribution in [0, 0.1) is 6.92 Å². The van der Waals surface area contributed by atoms with E-state index in [0.717, 1.165) is 18.4 Å². The van der Waals surface area contributed by atoms with Crippen LogP contribution in [-0.4, -0.2) is 31.4 Å². The van der Waals surface area contributed by atoms with Gasteiger partial charge in [-0.25, -0.2) is 8.42 Å². The maximum absolute atomic E-state index is 12.6. The summed E-state index contributed by atoms with van der Waals surface area (Å²) in [6, 6.07) is 6.98. The van der Waals surface area contributed by atoms with Crippen molar-refractivity contribution in [3.63, 3.8) is 0 Å². The zero-order chi connectivity index (χ0) is 13.4. The van der Waals surface area contributed by atoms with E-state index in [9.17, 15) is 8.42 Å². The molecule has 1 fully saturated rings. The molecule has 1 saturated heterocycles. The molecule has 1 unspecified atom stereocenters. The molecule has 0 saturated carbocycles. The maximum Gasteiger partial charge on any atom is 0.243 e. The van der Waals surface area contributed by atoms with Crippen molar-refractivity contribution in [3.05, 3.63) is 29.8 Å². The second kappa shape index (κ2) is 4.64. The number of nitrogens with two attached hydrogens (primary N) is 1. The molecule has 2 rings (SSSR count). The first-order valence-corrected chi connectivity index (χ1v) is 7.64. The van der Waals surface area contributed by atoms with E-state index in [0.29, 0.717) is 18.0 Å². The molecule has 1 aromatic rings. The van der Waals surface area contributed by atoms with Gasteiger partial charge >= 0.3 is 0 Å². The van der Waals surface area contributed by atoms with E-state index >= 15 is 0 Å². The molecule has 0 radical (unpaired) electrons. The summed E-state index contributed by atoms with van der Waals surface area (Å²) >= 11 is 0. The molecule has 0 amide bonds. The molecule has 1 aliphatic rings. The van der Waals surface area contributed by atoms with Gasteiger partial charge in [-0.1, -0.05) is 17.7 Å². The van der Waals surface area contributed by atoms with Gasteiger partial charge in [0.2, 0.25) is 10.0 Å². The highest BCUT2D eigenvalue weighted by molar-refractivity contribution is 7.89. The summed E-state index contributed by atoms with van der Waals surface area (Å²) in [4.78, 5) is 0.356. The molecule has 1 aliphatic heterocycles. The van der Waals surface area contributed by atoms with Gasteiger partial charge in [0.05, 0.1) is 4.90 Å². The van der Waals surface area contributed by atoms with Gasteiger partial charge in [0.15, 0.2) is 0 Å². The molecule has 4 nitrogen and oxygen atoms in total. The third-order valence-electron chi connectivity index (χ3n) is 3.73. The number of sulfonamides is 1. The summed E-state index contributed by atoms with van der Waals surface area (Å²) in [5.41, 5.74) is 6.36. The van der Waals surface area contributed by atoms with Crippen LogP contribution in [-0.2, 0) is 10.0 Å². The van der Waals surface area contributed by atoms with E-state index in [2.05, 4.69) is 0 Å². The van der Waals surface area contributed by atoms with E-state index < -0.39 is 15.6 Å². The van der Waals surface area contributed by atoms with Crippen LogP contribution in [0.1, 0.15) is 25.3 Å². The third-order valence-corrected chi connectivity index (χ3v) is 5.80. The molecule has 1 atom stereocenters. The summed E-state index contributed by atoms with van der Waals surface area (Å²) < 4.78 is 26.7. The molecule has 18 heavy (non-hydrogen) atoms. The molecule has 0 aliphatic carbocycles. The molecule has 1 heterocycles. The van der Waals surface area contributed by atoms with E-state index in [4.69, 9.17) is 5.73 Å². The highest BCUT2D eigenvalue weighted by Gasteiger charge is 2.43. The monoisotopic (exact) mass is 268 g/mol. The number of hydrogen-bond acceptors (Lipinski definition) is 3. The normalized spacial score (nSPS) is 25.5. The molecular formula is C13H20N2O2S. The van der Waals surface area contributed by atoms with E-state index in [1.165, 1.54) is 0 Å². The minimum atomic E-state index is -3.42. The number of benzene rings is 1. The zero-order valence-corrected chi connectivity index (χ0v) is 11.7. The zero-order valence-electron chi connectivity index (χ0n) is 10.9. The average molecular weight is 268 g/mol. The van der Waals surface area contributed by atoms with Gasteiger partial charge in [-0.15, -0.1) is 0 Å². The summed E-state index contributed by atoms with van der Waals surface area (Å²) in [7, 11) is -3.42. The largest absolute Gasteiger partial charge is 0.329 e. The Morgan fingerprint density at radius 2 is 1.94 bits per heavy atom. The number of hydrogen-bond donors (Lipinski definition) is 1. The molecule has 0 aromatic heterocycles. The lowest BCUT2D eigenvalue weighted by atomic mass is 10.0. The van der Waals surface area contributed by atoms with Crippen LogP contribution in [0.25, 0.3) is 0 Å². The Morgan fingerprint density at radius 3 is 2.50 bits per heavy atom. The smallest absolute Gasteiger partial charge is 0.243 e. The van der Waals surface area contributed by atoms with Crippen LogP contribution in [0.4, 0.5) is 0 Å². The molecule has 5 heteroatoms. The van der Waals surface area contributed by atoms with Crippen molar-refractivity contribution in [2.24, 2.45) is 5.73 Å². The van der Waals surface area contributed by atoms with Crippen LogP contribution in [0.15, 0.2) is 29.2 Å². The maximum atomic E-state index is 12.6. The lowest BCUT2D eigenvalue weighted by molar-refractivity contribution is 0.274. The van der Waals surface area contributed by atoms with Gasteiger partial charge in [0.25, 0.3) is 0 Å². The van der Waals surface area contributed by atoms with Gasteiger partial charge in [0, 0.05) is 18.6 Å². The highest BCUT2D eigenvalue weighted by Crippen LogP contribution is 2.33. The summed E-state index contributed by atoms with van der Waals surface area (Å²) in [6.45, 7) is 4.78. The molecule has 2 N–H and O–H groups in total.